The molecule has 0 heterocycles. The van der Waals surface area contributed by atoms with E-state index in [4.69, 9.17) is 5.73 Å². The van der Waals surface area contributed by atoms with Crippen molar-refractivity contribution in [2.45, 2.75) is 26.7 Å². The van der Waals surface area contributed by atoms with Crippen LogP contribution >= 0.6 is 24.0 Å². The molecule has 4 N–H and O–H groups in total. The first-order chi connectivity index (χ1) is 7.59. The molecule has 1 saturated carbocycles. The highest BCUT2D eigenvalue weighted by Crippen LogP contribution is 2.28. The Hall–Kier alpha value is -0.530. The second-order valence-corrected chi connectivity index (χ2v) is 4.61. The fourth-order valence-electron chi connectivity index (χ4n) is 1.20. The Kier molecular flexibility index (Phi) is 8.28. The fourth-order valence-corrected chi connectivity index (χ4v) is 1.20. The zero-order chi connectivity index (χ0) is 12.0. The standard InChI is InChI=1S/C11H22N4O.HI/c1-8(2)7-15-11(12)14-6-5-13-10(16)9-3-4-9;/h8-9H,3-7H2,1-2H3,(H,13,16)(H3,12,14,15);1H. The Morgan fingerprint density at radius 3 is 2.47 bits per heavy atom. The minimum absolute atomic E-state index is 0. The van der Waals surface area contributed by atoms with E-state index >= 15 is 0 Å². The van der Waals surface area contributed by atoms with Crippen LogP contribution in [0.15, 0.2) is 4.99 Å². The maximum absolute atomic E-state index is 11.3. The summed E-state index contributed by atoms with van der Waals surface area (Å²) in [5.74, 6) is 1.40. The molecule has 1 amide bonds. The van der Waals surface area contributed by atoms with E-state index in [1.165, 1.54) is 0 Å². The maximum Gasteiger partial charge on any atom is 0.223 e. The van der Waals surface area contributed by atoms with Gasteiger partial charge in [0.15, 0.2) is 5.96 Å². The van der Waals surface area contributed by atoms with Gasteiger partial charge in [-0.1, -0.05) is 13.8 Å². The minimum Gasteiger partial charge on any atom is -0.370 e. The molecule has 0 spiro atoms. The van der Waals surface area contributed by atoms with E-state index in [0.29, 0.717) is 25.0 Å². The molecule has 1 rings (SSSR count). The number of carbonyl (C=O) groups excluding carboxylic acids is 1. The average Bonchev–Trinajstić information content (AvgIpc) is 3.04. The third kappa shape index (κ3) is 8.23. The molecule has 0 atom stereocenters. The van der Waals surface area contributed by atoms with Gasteiger partial charge in [-0.3, -0.25) is 9.79 Å². The predicted octanol–water partition coefficient (Wildman–Crippen LogP) is 0.691. The molecule has 6 heteroatoms. The SMILES string of the molecule is CC(C)CN=C(N)NCCNC(=O)C1CC1.I. The summed E-state index contributed by atoms with van der Waals surface area (Å²) in [6, 6.07) is 0. The number of guanidine groups is 1. The number of hydrogen-bond acceptors (Lipinski definition) is 2. The van der Waals surface area contributed by atoms with Crippen LogP contribution < -0.4 is 16.4 Å². The average molecular weight is 354 g/mol. The van der Waals surface area contributed by atoms with Crippen LogP contribution in [0.2, 0.25) is 0 Å². The van der Waals surface area contributed by atoms with Crippen molar-refractivity contribution in [3.63, 3.8) is 0 Å². The van der Waals surface area contributed by atoms with Gasteiger partial charge < -0.3 is 16.4 Å². The number of aliphatic imine (C=N–C) groups is 1. The second kappa shape index (κ2) is 8.54. The third-order valence-electron chi connectivity index (χ3n) is 2.31. The lowest BCUT2D eigenvalue weighted by Gasteiger charge is -2.07. The van der Waals surface area contributed by atoms with Gasteiger partial charge in [0.05, 0.1) is 0 Å². The summed E-state index contributed by atoms with van der Waals surface area (Å²) in [6.07, 6.45) is 2.08. The summed E-state index contributed by atoms with van der Waals surface area (Å²) in [6.45, 7) is 6.14. The molecule has 0 unspecified atom stereocenters. The minimum atomic E-state index is 0. The molecule has 1 fully saturated rings. The molecule has 5 nitrogen and oxygen atoms in total. The van der Waals surface area contributed by atoms with E-state index in [-0.39, 0.29) is 35.8 Å². The number of rotatable bonds is 6. The number of nitrogens with two attached hydrogens (primary N) is 1. The van der Waals surface area contributed by atoms with Crippen LogP contribution in [-0.4, -0.2) is 31.5 Å². The van der Waals surface area contributed by atoms with Crippen LogP contribution in [0, 0.1) is 11.8 Å². The Morgan fingerprint density at radius 1 is 1.35 bits per heavy atom. The van der Waals surface area contributed by atoms with Gasteiger partial charge in [-0.25, -0.2) is 0 Å². The molecule has 0 aromatic heterocycles. The Morgan fingerprint density at radius 2 is 1.94 bits per heavy atom. The molecular formula is C11H23IN4O. The normalized spacial score (nSPS) is 15.4. The van der Waals surface area contributed by atoms with Crippen LogP contribution in [0.5, 0.6) is 0 Å². The molecule has 100 valence electrons. The van der Waals surface area contributed by atoms with Gasteiger partial charge in [-0.05, 0) is 18.8 Å². The van der Waals surface area contributed by atoms with Crippen molar-refractivity contribution < 1.29 is 4.79 Å². The molecular weight excluding hydrogens is 331 g/mol. The van der Waals surface area contributed by atoms with Crippen LogP contribution in [0.3, 0.4) is 0 Å². The lowest BCUT2D eigenvalue weighted by atomic mass is 10.2. The van der Waals surface area contributed by atoms with Gasteiger partial charge in [0, 0.05) is 25.6 Å². The van der Waals surface area contributed by atoms with Crippen molar-refractivity contribution in [2.24, 2.45) is 22.6 Å². The summed E-state index contributed by atoms with van der Waals surface area (Å²) in [5.41, 5.74) is 5.64. The highest BCUT2D eigenvalue weighted by Gasteiger charge is 2.28. The highest BCUT2D eigenvalue weighted by atomic mass is 127. The van der Waals surface area contributed by atoms with E-state index in [9.17, 15) is 4.79 Å². The summed E-state index contributed by atoms with van der Waals surface area (Å²) in [4.78, 5) is 15.4. The quantitative estimate of drug-likeness (QED) is 0.284. The highest BCUT2D eigenvalue weighted by molar-refractivity contribution is 14.0. The van der Waals surface area contributed by atoms with Crippen LogP contribution in [0.25, 0.3) is 0 Å². The summed E-state index contributed by atoms with van der Waals surface area (Å²) in [5, 5.41) is 5.82. The summed E-state index contributed by atoms with van der Waals surface area (Å²) in [7, 11) is 0. The summed E-state index contributed by atoms with van der Waals surface area (Å²) >= 11 is 0. The molecule has 0 bridgehead atoms. The van der Waals surface area contributed by atoms with Crippen molar-refractivity contribution in [1.29, 1.82) is 0 Å². The Balaban J connectivity index is 0.00000256. The molecule has 17 heavy (non-hydrogen) atoms. The van der Waals surface area contributed by atoms with E-state index in [0.717, 1.165) is 19.4 Å². The lowest BCUT2D eigenvalue weighted by Crippen LogP contribution is -2.39. The molecule has 0 aromatic rings. The zero-order valence-electron chi connectivity index (χ0n) is 10.5. The van der Waals surface area contributed by atoms with Crippen LogP contribution in [0.1, 0.15) is 26.7 Å². The first-order valence-electron chi connectivity index (χ1n) is 5.91. The van der Waals surface area contributed by atoms with Crippen molar-refractivity contribution in [3.05, 3.63) is 0 Å². The molecule has 0 radical (unpaired) electrons. The van der Waals surface area contributed by atoms with Crippen LogP contribution in [0.4, 0.5) is 0 Å². The molecule has 1 aliphatic carbocycles. The van der Waals surface area contributed by atoms with E-state index in [1.807, 2.05) is 0 Å². The maximum atomic E-state index is 11.3. The zero-order valence-corrected chi connectivity index (χ0v) is 12.9. The van der Waals surface area contributed by atoms with Gasteiger partial charge >= 0.3 is 0 Å². The number of nitrogens with one attached hydrogen (secondary N) is 2. The molecule has 0 saturated heterocycles. The van der Waals surface area contributed by atoms with Gasteiger partial charge in [0.25, 0.3) is 0 Å². The number of nitrogens with zero attached hydrogens (tertiary/aromatic N) is 1. The number of hydrogen-bond donors (Lipinski definition) is 3. The molecule has 0 aliphatic heterocycles. The number of amides is 1. The van der Waals surface area contributed by atoms with Crippen molar-refractivity contribution in [1.82, 2.24) is 10.6 Å². The number of carbonyl (C=O) groups is 1. The van der Waals surface area contributed by atoms with Gasteiger partial charge in [-0.15, -0.1) is 24.0 Å². The Bertz CT molecular complexity index is 264. The summed E-state index contributed by atoms with van der Waals surface area (Å²) < 4.78 is 0. The van der Waals surface area contributed by atoms with Crippen molar-refractivity contribution in [2.75, 3.05) is 19.6 Å². The Labute approximate surface area is 120 Å². The topological polar surface area (TPSA) is 79.5 Å². The number of halogens is 1. The van der Waals surface area contributed by atoms with Crippen molar-refractivity contribution in [3.8, 4) is 0 Å². The first-order valence-corrected chi connectivity index (χ1v) is 5.91. The van der Waals surface area contributed by atoms with Crippen molar-refractivity contribution >= 4 is 35.8 Å². The van der Waals surface area contributed by atoms with Gasteiger partial charge in [0.1, 0.15) is 0 Å². The smallest absolute Gasteiger partial charge is 0.223 e. The first kappa shape index (κ1) is 16.5. The molecule has 0 aromatic carbocycles. The predicted molar refractivity (Wildman–Crippen MR) is 80.5 cm³/mol. The largest absolute Gasteiger partial charge is 0.370 e. The second-order valence-electron chi connectivity index (χ2n) is 4.61. The van der Waals surface area contributed by atoms with Gasteiger partial charge in [-0.2, -0.15) is 0 Å². The molecule has 1 aliphatic rings. The lowest BCUT2D eigenvalue weighted by molar-refractivity contribution is -0.122. The monoisotopic (exact) mass is 354 g/mol. The van der Waals surface area contributed by atoms with Gasteiger partial charge in [0.2, 0.25) is 5.91 Å². The van der Waals surface area contributed by atoms with E-state index in [1.54, 1.807) is 0 Å². The third-order valence-corrected chi connectivity index (χ3v) is 2.31. The fraction of sp³-hybridized carbons (Fsp3) is 0.818. The van der Waals surface area contributed by atoms with Crippen LogP contribution in [-0.2, 0) is 4.79 Å². The van der Waals surface area contributed by atoms with E-state index < -0.39 is 0 Å². The van der Waals surface area contributed by atoms with E-state index in [2.05, 4.69) is 29.5 Å².